The van der Waals surface area contributed by atoms with Crippen molar-refractivity contribution in [3.63, 3.8) is 0 Å². The number of halogens is 4. The standard InChI is InChI=1S/C19H16F4N2O4/c1-11(17(27)25-15-5-3-2-4-14(15)20)29-16(26)10-24-18(28)12-6-8-13(9-7-12)19(21,22)23/h2-9,11H,10H2,1H3,(H,24,28)(H,25,27)/t11-/m1/s1. The topological polar surface area (TPSA) is 84.5 Å². The number of hydrogen-bond donors (Lipinski definition) is 2. The first-order valence-electron chi connectivity index (χ1n) is 8.28. The molecule has 0 aliphatic heterocycles. The minimum atomic E-state index is -4.53. The van der Waals surface area contributed by atoms with Gasteiger partial charge < -0.3 is 15.4 Å². The van der Waals surface area contributed by atoms with E-state index in [9.17, 15) is 31.9 Å². The summed E-state index contributed by atoms with van der Waals surface area (Å²) in [4.78, 5) is 35.6. The Morgan fingerprint density at radius 3 is 2.24 bits per heavy atom. The predicted molar refractivity (Wildman–Crippen MR) is 94.4 cm³/mol. The highest BCUT2D eigenvalue weighted by atomic mass is 19.4. The van der Waals surface area contributed by atoms with Crippen LogP contribution in [0.25, 0.3) is 0 Å². The average Bonchev–Trinajstić information content (AvgIpc) is 2.67. The third kappa shape index (κ3) is 6.30. The lowest BCUT2D eigenvalue weighted by Gasteiger charge is -2.14. The molecular weight excluding hydrogens is 396 g/mol. The van der Waals surface area contributed by atoms with Gasteiger partial charge in [-0.2, -0.15) is 13.2 Å². The molecule has 0 radical (unpaired) electrons. The molecule has 0 aliphatic carbocycles. The fourth-order valence-electron chi connectivity index (χ4n) is 2.15. The highest BCUT2D eigenvalue weighted by Gasteiger charge is 2.30. The van der Waals surface area contributed by atoms with E-state index in [1.165, 1.54) is 25.1 Å². The molecule has 0 aromatic heterocycles. The van der Waals surface area contributed by atoms with Crippen molar-refractivity contribution >= 4 is 23.5 Å². The second kappa shape index (κ2) is 9.18. The minimum Gasteiger partial charge on any atom is -0.451 e. The van der Waals surface area contributed by atoms with Gasteiger partial charge in [0.2, 0.25) is 0 Å². The maximum Gasteiger partial charge on any atom is 0.416 e. The van der Waals surface area contributed by atoms with Gasteiger partial charge in [0.1, 0.15) is 12.4 Å². The van der Waals surface area contributed by atoms with Gasteiger partial charge in [-0.3, -0.25) is 14.4 Å². The average molecular weight is 412 g/mol. The van der Waals surface area contributed by atoms with Crippen LogP contribution in [0.2, 0.25) is 0 Å². The zero-order valence-corrected chi connectivity index (χ0v) is 15.0. The summed E-state index contributed by atoms with van der Waals surface area (Å²) in [7, 11) is 0. The number of esters is 1. The summed E-state index contributed by atoms with van der Waals surface area (Å²) >= 11 is 0. The van der Waals surface area contributed by atoms with Crippen molar-refractivity contribution in [2.45, 2.75) is 19.2 Å². The third-order valence-electron chi connectivity index (χ3n) is 3.68. The van der Waals surface area contributed by atoms with Crippen LogP contribution in [0.1, 0.15) is 22.8 Å². The molecule has 2 N–H and O–H groups in total. The summed E-state index contributed by atoms with van der Waals surface area (Å²) in [6.07, 6.45) is -5.80. The van der Waals surface area contributed by atoms with Crippen LogP contribution in [0.15, 0.2) is 48.5 Å². The van der Waals surface area contributed by atoms with Gasteiger partial charge in [0.15, 0.2) is 6.10 Å². The Morgan fingerprint density at radius 2 is 1.66 bits per heavy atom. The van der Waals surface area contributed by atoms with Gasteiger partial charge in [-0.05, 0) is 43.3 Å². The second-order valence-electron chi connectivity index (χ2n) is 5.86. The quantitative estimate of drug-likeness (QED) is 0.564. The van der Waals surface area contributed by atoms with Crippen LogP contribution in [0.3, 0.4) is 0 Å². The SMILES string of the molecule is C[C@@H](OC(=O)CNC(=O)c1ccc(C(F)(F)F)cc1)C(=O)Nc1ccccc1F. The zero-order valence-electron chi connectivity index (χ0n) is 15.0. The van der Waals surface area contributed by atoms with E-state index >= 15 is 0 Å². The van der Waals surface area contributed by atoms with Crippen LogP contribution in [0.5, 0.6) is 0 Å². The molecule has 2 rings (SSSR count). The molecule has 2 aromatic rings. The molecule has 1 atom stereocenters. The molecule has 0 fully saturated rings. The van der Waals surface area contributed by atoms with Crippen LogP contribution in [0.4, 0.5) is 23.2 Å². The number of rotatable bonds is 6. The van der Waals surface area contributed by atoms with Gasteiger partial charge in [-0.25, -0.2) is 4.39 Å². The summed E-state index contributed by atoms with van der Waals surface area (Å²) in [6, 6.07) is 8.82. The van der Waals surface area contributed by atoms with Crippen molar-refractivity contribution in [1.82, 2.24) is 5.32 Å². The third-order valence-corrected chi connectivity index (χ3v) is 3.68. The van der Waals surface area contributed by atoms with E-state index in [2.05, 4.69) is 10.6 Å². The van der Waals surface area contributed by atoms with Crippen molar-refractivity contribution in [2.24, 2.45) is 0 Å². The maximum atomic E-state index is 13.5. The predicted octanol–water partition coefficient (Wildman–Crippen LogP) is 3.14. The van der Waals surface area contributed by atoms with Crippen molar-refractivity contribution < 1.29 is 36.7 Å². The summed E-state index contributed by atoms with van der Waals surface area (Å²) < 4.78 is 55.9. The van der Waals surface area contributed by atoms with E-state index in [4.69, 9.17) is 4.74 Å². The van der Waals surface area contributed by atoms with E-state index < -0.39 is 48.0 Å². The Morgan fingerprint density at radius 1 is 1.03 bits per heavy atom. The molecule has 0 spiro atoms. The Balaban J connectivity index is 1.83. The Hall–Kier alpha value is -3.43. The van der Waals surface area contributed by atoms with Gasteiger partial charge in [-0.1, -0.05) is 12.1 Å². The molecule has 0 heterocycles. The molecule has 0 bridgehead atoms. The van der Waals surface area contributed by atoms with Crippen molar-refractivity contribution in [3.05, 3.63) is 65.5 Å². The van der Waals surface area contributed by atoms with E-state index in [0.717, 1.165) is 30.3 Å². The lowest BCUT2D eigenvalue weighted by atomic mass is 10.1. The van der Waals surface area contributed by atoms with Gasteiger partial charge >= 0.3 is 12.1 Å². The van der Waals surface area contributed by atoms with Crippen molar-refractivity contribution in [2.75, 3.05) is 11.9 Å². The maximum absolute atomic E-state index is 13.5. The lowest BCUT2D eigenvalue weighted by Crippen LogP contribution is -2.36. The monoisotopic (exact) mass is 412 g/mol. The smallest absolute Gasteiger partial charge is 0.416 e. The summed E-state index contributed by atoms with van der Waals surface area (Å²) in [5, 5.41) is 4.43. The van der Waals surface area contributed by atoms with Crippen molar-refractivity contribution in [3.8, 4) is 0 Å². The highest BCUT2D eigenvalue weighted by Crippen LogP contribution is 2.29. The number of amides is 2. The van der Waals surface area contributed by atoms with Gasteiger partial charge in [0.05, 0.1) is 11.3 Å². The Bertz CT molecular complexity index is 898. The van der Waals surface area contributed by atoms with Crippen molar-refractivity contribution in [1.29, 1.82) is 0 Å². The first-order valence-corrected chi connectivity index (χ1v) is 8.28. The van der Waals surface area contributed by atoms with Crippen LogP contribution < -0.4 is 10.6 Å². The van der Waals surface area contributed by atoms with E-state index in [-0.39, 0.29) is 11.3 Å². The summed E-state index contributed by atoms with van der Waals surface area (Å²) in [6.45, 7) is 0.642. The number of carbonyl (C=O) groups excluding carboxylic acids is 3. The Labute approximate surface area is 162 Å². The number of ether oxygens (including phenoxy) is 1. The molecular formula is C19H16F4N2O4. The van der Waals surface area contributed by atoms with Gasteiger partial charge in [0, 0.05) is 5.56 Å². The number of para-hydroxylation sites is 1. The lowest BCUT2D eigenvalue weighted by molar-refractivity contribution is -0.152. The molecule has 29 heavy (non-hydrogen) atoms. The van der Waals surface area contributed by atoms with Crippen LogP contribution in [-0.2, 0) is 20.5 Å². The first kappa shape index (κ1) is 21.9. The minimum absolute atomic E-state index is 0.0869. The van der Waals surface area contributed by atoms with Gasteiger partial charge in [-0.15, -0.1) is 0 Å². The normalized spacial score (nSPS) is 12.0. The molecule has 2 amide bonds. The number of benzene rings is 2. The number of anilines is 1. The fourth-order valence-corrected chi connectivity index (χ4v) is 2.15. The molecule has 10 heteroatoms. The zero-order chi connectivity index (χ0) is 21.6. The molecule has 0 saturated heterocycles. The fraction of sp³-hybridized carbons (Fsp3) is 0.211. The second-order valence-corrected chi connectivity index (χ2v) is 5.86. The van der Waals surface area contributed by atoms with E-state index in [1.54, 1.807) is 0 Å². The summed E-state index contributed by atoms with van der Waals surface area (Å²) in [5.74, 6) is -3.19. The van der Waals surface area contributed by atoms with Crippen LogP contribution in [-0.4, -0.2) is 30.4 Å². The Kier molecular flexibility index (Phi) is 6.92. The molecule has 0 unspecified atom stereocenters. The molecule has 154 valence electrons. The molecule has 2 aromatic carbocycles. The highest BCUT2D eigenvalue weighted by molar-refractivity contribution is 5.97. The molecule has 0 aliphatic rings. The van der Waals surface area contributed by atoms with Gasteiger partial charge in [0.25, 0.3) is 11.8 Å². The number of alkyl halides is 3. The largest absolute Gasteiger partial charge is 0.451 e. The van der Waals surface area contributed by atoms with E-state index in [1.807, 2.05) is 0 Å². The van der Waals surface area contributed by atoms with Crippen LogP contribution >= 0.6 is 0 Å². The summed E-state index contributed by atoms with van der Waals surface area (Å²) in [5.41, 5.74) is -1.09. The number of carbonyl (C=O) groups is 3. The van der Waals surface area contributed by atoms with E-state index in [0.29, 0.717) is 0 Å². The number of hydrogen-bond acceptors (Lipinski definition) is 4. The van der Waals surface area contributed by atoms with Crippen LogP contribution in [0, 0.1) is 5.82 Å². The number of nitrogens with one attached hydrogen (secondary N) is 2. The molecule has 6 nitrogen and oxygen atoms in total. The molecule has 0 saturated carbocycles. The first-order chi connectivity index (χ1) is 13.6.